The van der Waals surface area contributed by atoms with Gasteiger partial charge in [0.05, 0.1) is 24.4 Å². The van der Waals surface area contributed by atoms with E-state index in [2.05, 4.69) is 49.7 Å². The molecule has 0 bridgehead atoms. The van der Waals surface area contributed by atoms with E-state index in [-0.39, 0.29) is 11.2 Å². The summed E-state index contributed by atoms with van der Waals surface area (Å²) < 4.78 is 17.2. The van der Waals surface area contributed by atoms with Crippen molar-refractivity contribution >= 4 is 6.79 Å². The van der Waals surface area contributed by atoms with E-state index in [1.165, 1.54) is 77.3 Å². The SMILES string of the molecule is C=O.CC.CC.CCCC1(CC)CN(C)CCO1.CN1CCCC2(CCOCC2)C1.CN1CCOC2(CCCC2)C1. The van der Waals surface area contributed by atoms with Crippen molar-refractivity contribution in [1.29, 1.82) is 0 Å². The summed E-state index contributed by atoms with van der Waals surface area (Å²) in [5.41, 5.74) is 1.07. The van der Waals surface area contributed by atoms with Crippen molar-refractivity contribution in [2.45, 2.75) is 123 Å². The van der Waals surface area contributed by atoms with E-state index in [4.69, 9.17) is 19.0 Å². The zero-order valence-electron chi connectivity index (χ0n) is 29.0. The van der Waals surface area contributed by atoms with E-state index in [9.17, 15) is 0 Å². The number of morpholine rings is 2. The molecule has 0 N–H and O–H groups in total. The van der Waals surface area contributed by atoms with Crippen molar-refractivity contribution in [2.24, 2.45) is 5.41 Å². The van der Waals surface area contributed by atoms with Crippen LogP contribution in [0.4, 0.5) is 0 Å². The third-order valence-electron chi connectivity index (χ3n) is 9.15. The first-order valence-corrected chi connectivity index (χ1v) is 17.0. The maximum Gasteiger partial charge on any atom is 0.106 e. The van der Waals surface area contributed by atoms with E-state index < -0.39 is 0 Å². The second-order valence-corrected chi connectivity index (χ2v) is 12.3. The van der Waals surface area contributed by atoms with Gasteiger partial charge in [0.2, 0.25) is 0 Å². The van der Waals surface area contributed by atoms with E-state index in [1.807, 2.05) is 34.5 Å². The fourth-order valence-corrected chi connectivity index (χ4v) is 7.06. The molecule has 1 saturated carbocycles. The van der Waals surface area contributed by atoms with Crippen molar-refractivity contribution in [1.82, 2.24) is 14.7 Å². The molecule has 0 aromatic rings. The van der Waals surface area contributed by atoms with Gasteiger partial charge in [-0.05, 0) is 84.5 Å². The Morgan fingerprint density at radius 1 is 0.634 bits per heavy atom. The van der Waals surface area contributed by atoms with Gasteiger partial charge in [0.25, 0.3) is 0 Å². The molecule has 0 radical (unpaired) electrons. The molecule has 5 aliphatic rings. The summed E-state index contributed by atoms with van der Waals surface area (Å²) in [4.78, 5) is 15.3. The lowest BCUT2D eigenvalue weighted by Crippen LogP contribution is -2.49. The minimum absolute atomic E-state index is 0.168. The molecule has 0 aromatic heterocycles. The quantitative estimate of drug-likeness (QED) is 0.373. The molecule has 4 heterocycles. The lowest BCUT2D eigenvalue weighted by molar-refractivity contribution is -0.110. The highest BCUT2D eigenvalue weighted by Crippen LogP contribution is 2.38. The van der Waals surface area contributed by atoms with Crippen molar-refractivity contribution in [3.05, 3.63) is 0 Å². The highest BCUT2D eigenvalue weighted by molar-refractivity contribution is 5.11. The van der Waals surface area contributed by atoms with Crippen LogP contribution in [0.25, 0.3) is 0 Å². The molecule has 1 aliphatic carbocycles. The number of likely N-dealkylation sites (N-methyl/N-ethyl adjacent to an activating group) is 2. The molecule has 5 rings (SSSR count). The van der Waals surface area contributed by atoms with Crippen LogP contribution in [0, 0.1) is 5.41 Å². The molecular weight excluding hydrogens is 514 g/mol. The van der Waals surface area contributed by atoms with E-state index in [0.29, 0.717) is 5.41 Å². The van der Waals surface area contributed by atoms with Gasteiger partial charge >= 0.3 is 0 Å². The summed E-state index contributed by atoms with van der Waals surface area (Å²) in [7, 11) is 6.63. The highest BCUT2D eigenvalue weighted by atomic mass is 16.5. The van der Waals surface area contributed by atoms with Crippen molar-refractivity contribution < 1.29 is 19.0 Å². The molecule has 0 aromatic carbocycles. The largest absolute Gasteiger partial charge is 0.381 e. The molecule has 2 spiro atoms. The van der Waals surface area contributed by atoms with Crippen LogP contribution in [-0.4, -0.2) is 120 Å². The van der Waals surface area contributed by atoms with E-state index >= 15 is 0 Å². The molecule has 1 atom stereocenters. The van der Waals surface area contributed by atoms with Gasteiger partial charge in [-0.15, -0.1) is 0 Å². The van der Waals surface area contributed by atoms with Crippen LogP contribution in [0.3, 0.4) is 0 Å². The van der Waals surface area contributed by atoms with Gasteiger partial charge in [-0.25, -0.2) is 0 Å². The number of piperidine rings is 1. The summed E-state index contributed by atoms with van der Waals surface area (Å²) in [5.74, 6) is 0. The molecule has 1 unspecified atom stereocenters. The number of carbonyl (C=O) groups excluding carboxylic acids is 1. The predicted molar refractivity (Wildman–Crippen MR) is 175 cm³/mol. The Balaban J connectivity index is 0.000000536. The second-order valence-electron chi connectivity index (χ2n) is 12.3. The molecule has 4 aliphatic heterocycles. The minimum atomic E-state index is 0.168. The third-order valence-corrected chi connectivity index (χ3v) is 9.15. The van der Waals surface area contributed by atoms with Crippen LogP contribution < -0.4 is 0 Å². The number of carbonyl (C=O) groups is 1. The molecule has 7 heteroatoms. The number of nitrogens with zero attached hydrogens (tertiary/aromatic N) is 3. The Kier molecular flexibility index (Phi) is 22.6. The first-order chi connectivity index (χ1) is 19.8. The third kappa shape index (κ3) is 14.6. The predicted octanol–water partition coefficient (Wildman–Crippen LogP) is 6.53. The van der Waals surface area contributed by atoms with E-state index in [1.54, 1.807) is 0 Å². The Hall–Kier alpha value is -0.570. The van der Waals surface area contributed by atoms with Crippen LogP contribution in [0.2, 0.25) is 0 Å². The topological polar surface area (TPSA) is 54.5 Å². The standard InChI is InChI=1S/C10H19NO.C10H21NO.C9H17NO.2C2H6.CH2O/c1-11-6-2-3-10(9-11)4-7-12-8-5-10;1-4-6-10(5-2)9-11(3)7-8-12-10;1-10-6-7-11-9(8-10)4-2-3-5-9;3*1-2/h2-9H2,1H3;4-9H2,1-3H3;2-8H2,1H3;2*1-2H3;1H2. The normalized spacial score (nSPS) is 27.2. The zero-order valence-corrected chi connectivity index (χ0v) is 29.0. The van der Waals surface area contributed by atoms with Crippen molar-refractivity contribution in [3.8, 4) is 0 Å². The maximum atomic E-state index is 8.00. The smallest absolute Gasteiger partial charge is 0.106 e. The lowest BCUT2D eigenvalue weighted by atomic mass is 9.74. The van der Waals surface area contributed by atoms with Crippen LogP contribution in [-0.2, 0) is 19.0 Å². The fourth-order valence-electron chi connectivity index (χ4n) is 7.06. The number of ether oxygens (including phenoxy) is 3. The van der Waals surface area contributed by atoms with Crippen molar-refractivity contribution in [2.75, 3.05) is 86.8 Å². The Morgan fingerprint density at radius 3 is 1.66 bits per heavy atom. The summed E-state index contributed by atoms with van der Waals surface area (Å²) >= 11 is 0. The van der Waals surface area contributed by atoms with Crippen molar-refractivity contribution in [3.63, 3.8) is 0 Å². The van der Waals surface area contributed by atoms with Gasteiger partial charge in [0.15, 0.2) is 0 Å². The highest BCUT2D eigenvalue weighted by Gasteiger charge is 2.38. The molecule has 7 nitrogen and oxygen atoms in total. The van der Waals surface area contributed by atoms with Gasteiger partial charge in [-0.3, -0.25) is 0 Å². The van der Waals surface area contributed by atoms with Gasteiger partial charge in [-0.1, -0.05) is 60.8 Å². The average Bonchev–Trinajstić information content (AvgIpc) is 3.44. The number of rotatable bonds is 3. The monoisotopic (exact) mass is 586 g/mol. The number of hydrogen-bond acceptors (Lipinski definition) is 7. The molecule has 0 amide bonds. The number of hydrogen-bond donors (Lipinski definition) is 0. The molecular formula is C34H71N3O4. The Bertz CT molecular complexity index is 579. The molecule has 41 heavy (non-hydrogen) atoms. The lowest BCUT2D eigenvalue weighted by Gasteiger charge is -2.43. The first kappa shape index (κ1) is 40.4. The van der Waals surface area contributed by atoms with E-state index in [0.717, 1.165) is 59.0 Å². The van der Waals surface area contributed by atoms with Gasteiger partial charge in [0.1, 0.15) is 6.79 Å². The van der Waals surface area contributed by atoms with Crippen LogP contribution >= 0.6 is 0 Å². The summed E-state index contributed by atoms with van der Waals surface area (Å²) in [6.45, 7) is 25.4. The Labute approximate surface area is 256 Å². The number of likely N-dealkylation sites (tertiary alicyclic amines) is 1. The van der Waals surface area contributed by atoms with Gasteiger partial charge in [-0.2, -0.15) is 0 Å². The van der Waals surface area contributed by atoms with Crippen LogP contribution in [0.15, 0.2) is 0 Å². The minimum Gasteiger partial charge on any atom is -0.381 e. The molecule has 4 saturated heterocycles. The summed E-state index contributed by atoms with van der Waals surface area (Å²) in [6, 6.07) is 0. The van der Waals surface area contributed by atoms with Gasteiger partial charge in [0, 0.05) is 45.9 Å². The summed E-state index contributed by atoms with van der Waals surface area (Å²) in [6.07, 6.45) is 14.3. The molecule has 246 valence electrons. The van der Waals surface area contributed by atoms with Crippen LogP contribution in [0.1, 0.15) is 112 Å². The maximum absolute atomic E-state index is 8.00. The fraction of sp³-hybridized carbons (Fsp3) is 0.971. The molecule has 5 fully saturated rings. The zero-order chi connectivity index (χ0) is 31.2. The first-order valence-electron chi connectivity index (χ1n) is 17.0. The summed E-state index contributed by atoms with van der Waals surface area (Å²) in [5, 5.41) is 0. The second kappa shape index (κ2) is 22.9. The Morgan fingerprint density at radius 2 is 1.17 bits per heavy atom. The van der Waals surface area contributed by atoms with Gasteiger partial charge < -0.3 is 33.7 Å². The average molecular weight is 586 g/mol. The van der Waals surface area contributed by atoms with Crippen LogP contribution in [0.5, 0.6) is 0 Å².